The van der Waals surface area contributed by atoms with Crippen LogP contribution in [0.1, 0.15) is 0 Å². The maximum absolute atomic E-state index is 5.61. The highest BCUT2D eigenvalue weighted by atomic mass is 35.5. The van der Waals surface area contributed by atoms with Crippen molar-refractivity contribution < 1.29 is 4.74 Å². The summed E-state index contributed by atoms with van der Waals surface area (Å²) in [6, 6.07) is 1.58. The fraction of sp³-hybridized carbons (Fsp3) is 0.429. The summed E-state index contributed by atoms with van der Waals surface area (Å²) in [4.78, 5) is 7.59. The van der Waals surface area contributed by atoms with Crippen LogP contribution in [0.25, 0.3) is 0 Å². The molecule has 1 N–H and O–H groups in total. The zero-order chi connectivity index (χ0) is 8.81. The van der Waals surface area contributed by atoms with E-state index >= 15 is 0 Å². The molecule has 0 aliphatic carbocycles. The Labute approximate surface area is 75.9 Å². The molecule has 1 heterocycles. The van der Waals surface area contributed by atoms with E-state index in [1.807, 2.05) is 7.05 Å². The Kier molecular flexibility index (Phi) is 3.76. The molecule has 0 aliphatic rings. The highest BCUT2D eigenvalue weighted by molar-refractivity contribution is 6.29. The number of aromatic nitrogens is 2. The number of nitrogens with zero attached hydrogens (tertiary/aromatic N) is 2. The SMILES string of the molecule is CNCCOc1cc(Cl)ncn1. The molecule has 12 heavy (non-hydrogen) atoms. The van der Waals surface area contributed by atoms with E-state index in [-0.39, 0.29) is 0 Å². The van der Waals surface area contributed by atoms with Crippen molar-refractivity contribution in [2.24, 2.45) is 0 Å². The Morgan fingerprint density at radius 2 is 2.42 bits per heavy atom. The second-order valence-corrected chi connectivity index (χ2v) is 2.52. The minimum absolute atomic E-state index is 0.393. The number of hydrogen-bond donors (Lipinski definition) is 1. The summed E-state index contributed by atoms with van der Waals surface area (Å²) >= 11 is 5.61. The van der Waals surface area contributed by atoms with Crippen LogP contribution in [0, 0.1) is 0 Å². The molecule has 0 bridgehead atoms. The summed E-state index contributed by atoms with van der Waals surface area (Å²) < 4.78 is 5.23. The van der Waals surface area contributed by atoms with Crippen molar-refractivity contribution in [2.75, 3.05) is 20.2 Å². The number of rotatable bonds is 4. The Bertz CT molecular complexity index is 244. The van der Waals surface area contributed by atoms with E-state index in [1.165, 1.54) is 6.33 Å². The third-order valence-corrected chi connectivity index (χ3v) is 1.42. The van der Waals surface area contributed by atoms with Crippen LogP contribution in [0.5, 0.6) is 5.88 Å². The van der Waals surface area contributed by atoms with Crippen molar-refractivity contribution in [1.82, 2.24) is 15.3 Å². The van der Waals surface area contributed by atoms with Gasteiger partial charge >= 0.3 is 0 Å². The minimum Gasteiger partial charge on any atom is -0.476 e. The predicted molar refractivity (Wildman–Crippen MR) is 46.5 cm³/mol. The zero-order valence-corrected chi connectivity index (χ0v) is 7.51. The van der Waals surface area contributed by atoms with Gasteiger partial charge in [-0.15, -0.1) is 0 Å². The monoisotopic (exact) mass is 187 g/mol. The second kappa shape index (κ2) is 4.90. The standard InChI is InChI=1S/C7H10ClN3O/c1-9-2-3-12-7-4-6(8)10-5-11-7/h4-5,9H,2-3H2,1H3. The molecule has 4 nitrogen and oxygen atoms in total. The normalized spacial score (nSPS) is 9.83. The van der Waals surface area contributed by atoms with Gasteiger partial charge in [0, 0.05) is 12.6 Å². The summed E-state index contributed by atoms with van der Waals surface area (Å²) in [6.45, 7) is 1.35. The first kappa shape index (κ1) is 9.22. The van der Waals surface area contributed by atoms with Gasteiger partial charge in [-0.25, -0.2) is 9.97 Å². The maximum atomic E-state index is 5.61. The van der Waals surface area contributed by atoms with Gasteiger partial charge in [-0.2, -0.15) is 0 Å². The second-order valence-electron chi connectivity index (χ2n) is 2.13. The Morgan fingerprint density at radius 1 is 1.58 bits per heavy atom. The number of ether oxygens (including phenoxy) is 1. The lowest BCUT2D eigenvalue weighted by Crippen LogP contribution is -2.16. The van der Waals surface area contributed by atoms with E-state index in [2.05, 4.69) is 15.3 Å². The topological polar surface area (TPSA) is 47.0 Å². The van der Waals surface area contributed by atoms with E-state index in [4.69, 9.17) is 16.3 Å². The van der Waals surface area contributed by atoms with Gasteiger partial charge in [0.05, 0.1) is 0 Å². The molecular weight excluding hydrogens is 178 g/mol. The van der Waals surface area contributed by atoms with Gasteiger partial charge in [-0.1, -0.05) is 11.6 Å². The van der Waals surface area contributed by atoms with Crippen LogP contribution in [0.2, 0.25) is 5.15 Å². The molecule has 1 aromatic rings. The van der Waals surface area contributed by atoms with Crippen molar-refractivity contribution in [3.63, 3.8) is 0 Å². The molecule has 0 saturated carbocycles. The van der Waals surface area contributed by atoms with E-state index in [0.29, 0.717) is 17.6 Å². The number of likely N-dealkylation sites (N-methyl/N-ethyl adjacent to an activating group) is 1. The fourth-order valence-corrected chi connectivity index (χ4v) is 0.791. The first-order chi connectivity index (χ1) is 5.83. The predicted octanol–water partition coefficient (Wildman–Crippen LogP) is 0.728. The van der Waals surface area contributed by atoms with Crippen molar-refractivity contribution in [1.29, 1.82) is 0 Å². The van der Waals surface area contributed by atoms with Crippen molar-refractivity contribution in [3.8, 4) is 5.88 Å². The van der Waals surface area contributed by atoms with Gasteiger partial charge in [0.1, 0.15) is 18.1 Å². The van der Waals surface area contributed by atoms with Crippen LogP contribution in [-0.4, -0.2) is 30.2 Å². The van der Waals surface area contributed by atoms with Gasteiger partial charge in [-0.3, -0.25) is 0 Å². The van der Waals surface area contributed by atoms with Gasteiger partial charge in [0.25, 0.3) is 0 Å². The molecule has 1 rings (SSSR count). The summed E-state index contributed by atoms with van der Waals surface area (Å²) in [5, 5.41) is 3.34. The molecule has 0 unspecified atom stereocenters. The largest absolute Gasteiger partial charge is 0.476 e. The van der Waals surface area contributed by atoms with Gasteiger partial charge in [0.2, 0.25) is 5.88 Å². The van der Waals surface area contributed by atoms with Crippen LogP contribution in [0.3, 0.4) is 0 Å². The highest BCUT2D eigenvalue weighted by Gasteiger charge is 1.95. The summed E-state index contributed by atoms with van der Waals surface area (Å²) in [6.07, 6.45) is 1.37. The Morgan fingerprint density at radius 3 is 3.08 bits per heavy atom. The van der Waals surface area contributed by atoms with E-state index in [1.54, 1.807) is 6.07 Å². The van der Waals surface area contributed by atoms with Crippen LogP contribution in [0.4, 0.5) is 0 Å². The highest BCUT2D eigenvalue weighted by Crippen LogP contribution is 2.09. The van der Waals surface area contributed by atoms with Crippen LogP contribution < -0.4 is 10.1 Å². The van der Waals surface area contributed by atoms with Crippen molar-refractivity contribution >= 4 is 11.6 Å². The van der Waals surface area contributed by atoms with E-state index in [0.717, 1.165) is 6.54 Å². The summed E-state index contributed by atoms with van der Waals surface area (Å²) in [5.41, 5.74) is 0. The summed E-state index contributed by atoms with van der Waals surface area (Å²) in [5.74, 6) is 0.505. The van der Waals surface area contributed by atoms with Crippen LogP contribution >= 0.6 is 11.6 Å². The third kappa shape index (κ3) is 3.02. The first-order valence-corrected chi connectivity index (χ1v) is 3.95. The molecule has 0 aliphatic heterocycles. The van der Waals surface area contributed by atoms with Gasteiger partial charge < -0.3 is 10.1 Å². The average Bonchev–Trinajstić information content (AvgIpc) is 2.05. The Balaban J connectivity index is 2.41. The lowest BCUT2D eigenvalue weighted by Gasteiger charge is -2.03. The maximum Gasteiger partial charge on any atom is 0.217 e. The first-order valence-electron chi connectivity index (χ1n) is 3.58. The van der Waals surface area contributed by atoms with E-state index < -0.39 is 0 Å². The molecule has 0 aromatic carbocycles. The quantitative estimate of drug-likeness (QED) is 0.558. The van der Waals surface area contributed by atoms with Crippen LogP contribution in [-0.2, 0) is 0 Å². The van der Waals surface area contributed by atoms with Crippen molar-refractivity contribution in [2.45, 2.75) is 0 Å². The molecule has 0 atom stereocenters. The van der Waals surface area contributed by atoms with Crippen LogP contribution in [0.15, 0.2) is 12.4 Å². The molecule has 1 aromatic heterocycles. The lowest BCUT2D eigenvalue weighted by molar-refractivity contribution is 0.306. The number of halogens is 1. The molecule has 0 fully saturated rings. The molecule has 0 saturated heterocycles. The fourth-order valence-electron chi connectivity index (χ4n) is 0.654. The molecule has 0 amide bonds. The van der Waals surface area contributed by atoms with Gasteiger partial charge in [-0.05, 0) is 7.05 Å². The zero-order valence-electron chi connectivity index (χ0n) is 6.75. The lowest BCUT2D eigenvalue weighted by atomic mass is 10.6. The molecule has 0 radical (unpaired) electrons. The van der Waals surface area contributed by atoms with Crippen molar-refractivity contribution in [3.05, 3.63) is 17.5 Å². The minimum atomic E-state index is 0.393. The number of hydrogen-bond acceptors (Lipinski definition) is 4. The smallest absolute Gasteiger partial charge is 0.217 e. The van der Waals surface area contributed by atoms with E-state index in [9.17, 15) is 0 Å². The third-order valence-electron chi connectivity index (χ3n) is 1.21. The number of nitrogens with one attached hydrogen (secondary N) is 1. The average molecular weight is 188 g/mol. The molecule has 66 valence electrons. The van der Waals surface area contributed by atoms with Gasteiger partial charge in [0.15, 0.2) is 0 Å². The molecule has 5 heteroatoms. The molecule has 0 spiro atoms. The Hall–Kier alpha value is -0.870. The summed E-state index contributed by atoms with van der Waals surface area (Å²) in [7, 11) is 1.86. The molecular formula is C7H10ClN3O.